The summed E-state index contributed by atoms with van der Waals surface area (Å²) in [5.41, 5.74) is 3.91. The molecule has 0 aliphatic rings. The van der Waals surface area contributed by atoms with Crippen LogP contribution in [-0.2, 0) is 6.54 Å². The quantitative estimate of drug-likeness (QED) is 0.760. The number of rotatable bonds is 5. The van der Waals surface area contributed by atoms with Gasteiger partial charge < -0.3 is 14.8 Å². The van der Waals surface area contributed by atoms with Gasteiger partial charge in [-0.2, -0.15) is 0 Å². The van der Waals surface area contributed by atoms with Crippen LogP contribution >= 0.6 is 11.6 Å². The lowest BCUT2D eigenvalue weighted by Gasteiger charge is -2.13. The maximum absolute atomic E-state index is 10.2. The van der Waals surface area contributed by atoms with Crippen LogP contribution in [0.1, 0.15) is 22.9 Å². The Morgan fingerprint density at radius 1 is 1.27 bits per heavy atom. The van der Waals surface area contributed by atoms with E-state index in [0.717, 1.165) is 22.5 Å². The third-order valence-electron chi connectivity index (χ3n) is 3.72. The molecule has 22 heavy (non-hydrogen) atoms. The average Bonchev–Trinajstić information content (AvgIpc) is 2.92. The lowest BCUT2D eigenvalue weighted by Crippen LogP contribution is -2.22. The van der Waals surface area contributed by atoms with Crippen LogP contribution in [0.5, 0.6) is 0 Å². The van der Waals surface area contributed by atoms with Gasteiger partial charge in [0.2, 0.25) is 0 Å². The van der Waals surface area contributed by atoms with E-state index in [1.165, 1.54) is 0 Å². The molecule has 1 unspecified atom stereocenters. The summed E-state index contributed by atoms with van der Waals surface area (Å²) in [6, 6.07) is 11.4. The number of nitrogens with one attached hydrogen (secondary N) is 1. The number of aromatic nitrogens is 2. The van der Waals surface area contributed by atoms with Crippen molar-refractivity contribution in [2.75, 3.05) is 6.54 Å². The molecular weight excluding hydrogens is 298 g/mol. The minimum Gasteiger partial charge on any atom is -0.387 e. The van der Waals surface area contributed by atoms with E-state index < -0.39 is 6.10 Å². The number of benzene rings is 1. The van der Waals surface area contributed by atoms with E-state index >= 15 is 0 Å². The molecule has 0 bridgehead atoms. The monoisotopic (exact) mass is 315 g/mol. The van der Waals surface area contributed by atoms with Crippen LogP contribution in [0, 0.1) is 6.92 Å². The van der Waals surface area contributed by atoms with Crippen LogP contribution in [-0.4, -0.2) is 21.0 Å². The number of halogens is 1. The maximum atomic E-state index is 10.2. The zero-order valence-electron chi connectivity index (χ0n) is 12.3. The van der Waals surface area contributed by atoms with Gasteiger partial charge >= 0.3 is 0 Å². The second-order valence-corrected chi connectivity index (χ2v) is 5.71. The first kappa shape index (κ1) is 15.0. The maximum Gasteiger partial charge on any atom is 0.139 e. The van der Waals surface area contributed by atoms with Crippen molar-refractivity contribution in [2.45, 2.75) is 19.6 Å². The second-order valence-electron chi connectivity index (χ2n) is 5.30. The van der Waals surface area contributed by atoms with Crippen LogP contribution < -0.4 is 5.32 Å². The normalized spacial score (nSPS) is 12.7. The van der Waals surface area contributed by atoms with E-state index in [9.17, 15) is 5.11 Å². The standard InChI is InChI=1S/C17H18ClN3O/c1-12-5-4-8-21-13(10-20-17(12)21)9-19-11-16(22)14-6-2-3-7-15(14)18/h2-8,10,16,19,22H,9,11H2,1H3. The lowest BCUT2D eigenvalue weighted by atomic mass is 10.1. The molecule has 5 heteroatoms. The Hall–Kier alpha value is -1.88. The fraction of sp³-hybridized carbons (Fsp3) is 0.235. The van der Waals surface area contributed by atoms with E-state index in [1.54, 1.807) is 6.07 Å². The molecule has 4 nitrogen and oxygen atoms in total. The van der Waals surface area contributed by atoms with Gasteiger partial charge in [0.05, 0.1) is 18.0 Å². The number of pyridine rings is 1. The van der Waals surface area contributed by atoms with Gasteiger partial charge in [0.1, 0.15) is 5.65 Å². The summed E-state index contributed by atoms with van der Waals surface area (Å²) < 4.78 is 2.06. The van der Waals surface area contributed by atoms with Gasteiger partial charge in [0.25, 0.3) is 0 Å². The van der Waals surface area contributed by atoms with E-state index in [-0.39, 0.29) is 0 Å². The Labute approximate surface area is 134 Å². The summed E-state index contributed by atoms with van der Waals surface area (Å²) in [5, 5.41) is 14.1. The molecule has 0 amide bonds. The Bertz CT molecular complexity index is 784. The number of hydrogen-bond acceptors (Lipinski definition) is 3. The van der Waals surface area contributed by atoms with Gasteiger partial charge in [-0.1, -0.05) is 35.9 Å². The molecule has 0 saturated carbocycles. The molecule has 0 fully saturated rings. The summed E-state index contributed by atoms with van der Waals surface area (Å²) in [7, 11) is 0. The summed E-state index contributed by atoms with van der Waals surface area (Å²) >= 11 is 6.09. The van der Waals surface area contributed by atoms with Crippen molar-refractivity contribution in [3.63, 3.8) is 0 Å². The first-order valence-corrected chi connectivity index (χ1v) is 7.59. The van der Waals surface area contributed by atoms with Crippen LogP contribution in [0.4, 0.5) is 0 Å². The largest absolute Gasteiger partial charge is 0.387 e. The van der Waals surface area contributed by atoms with E-state index in [2.05, 4.69) is 14.7 Å². The number of hydrogen-bond donors (Lipinski definition) is 2. The SMILES string of the molecule is Cc1cccn2c(CNCC(O)c3ccccc3Cl)cnc12. The van der Waals surface area contributed by atoms with E-state index in [4.69, 9.17) is 11.6 Å². The van der Waals surface area contributed by atoms with Crippen molar-refractivity contribution in [1.82, 2.24) is 14.7 Å². The minimum atomic E-state index is -0.630. The molecule has 2 heterocycles. The molecule has 1 atom stereocenters. The summed E-state index contributed by atoms with van der Waals surface area (Å²) in [6.07, 6.45) is 3.23. The zero-order valence-corrected chi connectivity index (χ0v) is 13.1. The van der Waals surface area contributed by atoms with Crippen molar-refractivity contribution < 1.29 is 5.11 Å². The van der Waals surface area contributed by atoms with Crippen molar-refractivity contribution in [3.8, 4) is 0 Å². The molecule has 0 aliphatic heterocycles. The van der Waals surface area contributed by atoms with Crippen LogP contribution in [0.15, 0.2) is 48.8 Å². The highest BCUT2D eigenvalue weighted by molar-refractivity contribution is 6.31. The van der Waals surface area contributed by atoms with Crippen LogP contribution in [0.2, 0.25) is 5.02 Å². The number of fused-ring (bicyclic) bond motifs is 1. The van der Waals surface area contributed by atoms with Crippen molar-refractivity contribution in [1.29, 1.82) is 0 Å². The van der Waals surface area contributed by atoms with Gasteiger partial charge in [0, 0.05) is 29.9 Å². The number of nitrogens with zero attached hydrogens (tertiary/aromatic N) is 2. The number of aliphatic hydroxyl groups excluding tert-OH is 1. The van der Waals surface area contributed by atoms with Gasteiger partial charge in [-0.05, 0) is 24.6 Å². The Kier molecular flexibility index (Phi) is 4.43. The molecule has 0 radical (unpaired) electrons. The number of aryl methyl sites for hydroxylation is 1. The predicted molar refractivity (Wildman–Crippen MR) is 88.0 cm³/mol. The molecule has 3 aromatic rings. The smallest absolute Gasteiger partial charge is 0.139 e. The lowest BCUT2D eigenvalue weighted by molar-refractivity contribution is 0.174. The third kappa shape index (κ3) is 2.99. The van der Waals surface area contributed by atoms with Gasteiger partial charge in [-0.3, -0.25) is 0 Å². The van der Waals surface area contributed by atoms with E-state index in [1.807, 2.05) is 49.6 Å². The molecule has 3 rings (SSSR count). The molecule has 114 valence electrons. The molecule has 1 aromatic carbocycles. The van der Waals surface area contributed by atoms with E-state index in [0.29, 0.717) is 18.1 Å². The zero-order chi connectivity index (χ0) is 15.5. The van der Waals surface area contributed by atoms with Crippen molar-refractivity contribution in [2.24, 2.45) is 0 Å². The fourth-order valence-corrected chi connectivity index (χ4v) is 2.79. The van der Waals surface area contributed by atoms with Crippen LogP contribution in [0.3, 0.4) is 0 Å². The molecule has 0 saturated heterocycles. The fourth-order valence-electron chi connectivity index (χ4n) is 2.53. The number of imidazole rings is 1. The minimum absolute atomic E-state index is 0.433. The van der Waals surface area contributed by atoms with Crippen molar-refractivity contribution >= 4 is 17.2 Å². The molecule has 0 aliphatic carbocycles. The summed E-state index contributed by atoms with van der Waals surface area (Å²) in [5.74, 6) is 0. The first-order chi connectivity index (χ1) is 10.7. The molecule has 2 N–H and O–H groups in total. The molecule has 0 spiro atoms. The van der Waals surface area contributed by atoms with Gasteiger partial charge in [0.15, 0.2) is 0 Å². The average molecular weight is 316 g/mol. The predicted octanol–water partition coefficient (Wildman–Crippen LogP) is 3.12. The Morgan fingerprint density at radius 2 is 2.09 bits per heavy atom. The Morgan fingerprint density at radius 3 is 2.91 bits per heavy atom. The summed E-state index contributed by atoms with van der Waals surface area (Å²) in [6.45, 7) is 3.11. The molecular formula is C17H18ClN3O. The van der Waals surface area contributed by atoms with Crippen LogP contribution in [0.25, 0.3) is 5.65 Å². The highest BCUT2D eigenvalue weighted by Gasteiger charge is 2.11. The highest BCUT2D eigenvalue weighted by atomic mass is 35.5. The second kappa shape index (κ2) is 6.48. The van der Waals surface area contributed by atoms with Gasteiger partial charge in [-0.25, -0.2) is 4.98 Å². The van der Waals surface area contributed by atoms with Crippen molar-refractivity contribution in [3.05, 3.63) is 70.6 Å². The highest BCUT2D eigenvalue weighted by Crippen LogP contribution is 2.22. The summed E-state index contributed by atoms with van der Waals surface area (Å²) in [4.78, 5) is 4.43. The van der Waals surface area contributed by atoms with Gasteiger partial charge in [-0.15, -0.1) is 0 Å². The first-order valence-electron chi connectivity index (χ1n) is 7.21. The molecule has 2 aromatic heterocycles. The third-order valence-corrected chi connectivity index (χ3v) is 4.06. The number of aliphatic hydroxyl groups is 1. The topological polar surface area (TPSA) is 49.6 Å². The Balaban J connectivity index is 1.65.